The third-order valence-corrected chi connectivity index (χ3v) is 3.33. The molecule has 0 N–H and O–H groups in total. The van der Waals surface area contributed by atoms with Crippen LogP contribution in [0, 0.1) is 0 Å². The molecule has 0 aromatic heterocycles. The van der Waals surface area contributed by atoms with E-state index in [1.807, 2.05) is 24.3 Å². The first-order chi connectivity index (χ1) is 9.38. The van der Waals surface area contributed by atoms with Crippen LogP contribution in [0.1, 0.15) is 24.8 Å². The molecule has 1 saturated heterocycles. The van der Waals surface area contributed by atoms with E-state index in [0.717, 1.165) is 37.2 Å². The van der Waals surface area contributed by atoms with E-state index in [1.165, 1.54) is 32.0 Å². The van der Waals surface area contributed by atoms with Gasteiger partial charge in [0.25, 0.3) is 0 Å². The molecule has 0 bridgehead atoms. The third-order valence-electron chi connectivity index (χ3n) is 3.33. The van der Waals surface area contributed by atoms with Crippen LogP contribution in [0.4, 0.5) is 0 Å². The highest BCUT2D eigenvalue weighted by atomic mass is 16.5. The summed E-state index contributed by atoms with van der Waals surface area (Å²) in [6, 6.07) is 7.80. The van der Waals surface area contributed by atoms with Crippen molar-refractivity contribution < 1.29 is 9.53 Å². The van der Waals surface area contributed by atoms with Crippen LogP contribution in [-0.4, -0.2) is 37.4 Å². The molecule has 2 rings (SSSR count). The summed E-state index contributed by atoms with van der Waals surface area (Å²) < 4.78 is 5.70. The molecule has 1 aromatic rings. The Morgan fingerprint density at radius 3 is 2.58 bits per heavy atom. The molecule has 3 nitrogen and oxygen atoms in total. The molecule has 1 aliphatic heterocycles. The van der Waals surface area contributed by atoms with Gasteiger partial charge in [0, 0.05) is 6.54 Å². The van der Waals surface area contributed by atoms with E-state index < -0.39 is 0 Å². The Balaban J connectivity index is 1.67. The van der Waals surface area contributed by atoms with Crippen LogP contribution in [0.15, 0.2) is 30.3 Å². The number of hydrogen-bond donors (Lipinski definition) is 0. The molecule has 0 radical (unpaired) electrons. The maximum Gasteiger partial charge on any atom is 0.142 e. The average molecular weight is 259 g/mol. The predicted molar refractivity (Wildman–Crippen MR) is 77.3 cm³/mol. The summed E-state index contributed by atoms with van der Waals surface area (Å²) in [6.45, 7) is 4.40. The number of hydrogen-bond acceptors (Lipinski definition) is 3. The van der Waals surface area contributed by atoms with Gasteiger partial charge in [-0.1, -0.05) is 18.2 Å². The largest absolute Gasteiger partial charge is 0.494 e. The molecule has 1 aromatic carbocycles. The molecule has 0 unspecified atom stereocenters. The first-order valence-electron chi connectivity index (χ1n) is 6.95. The van der Waals surface area contributed by atoms with Crippen molar-refractivity contribution in [1.29, 1.82) is 0 Å². The van der Waals surface area contributed by atoms with Gasteiger partial charge in [-0.05, 0) is 56.1 Å². The monoisotopic (exact) mass is 259 g/mol. The second-order valence-electron chi connectivity index (χ2n) is 4.81. The van der Waals surface area contributed by atoms with E-state index >= 15 is 0 Å². The number of ether oxygens (including phenoxy) is 1. The third kappa shape index (κ3) is 4.87. The summed E-state index contributed by atoms with van der Waals surface area (Å²) in [5.74, 6) is 0.893. The number of allylic oxidation sites excluding steroid dienone is 1. The Morgan fingerprint density at radius 1 is 1.16 bits per heavy atom. The zero-order valence-electron chi connectivity index (χ0n) is 11.3. The summed E-state index contributed by atoms with van der Waals surface area (Å²) >= 11 is 0. The summed E-state index contributed by atoms with van der Waals surface area (Å²) in [5.41, 5.74) is 1.01. The van der Waals surface area contributed by atoms with Crippen molar-refractivity contribution in [2.75, 3.05) is 26.2 Å². The fourth-order valence-corrected chi connectivity index (χ4v) is 2.31. The molecule has 102 valence electrons. The molecule has 0 aliphatic carbocycles. The lowest BCUT2D eigenvalue weighted by atomic mass is 10.2. The first kappa shape index (κ1) is 13.8. The number of benzene rings is 1. The van der Waals surface area contributed by atoms with Crippen LogP contribution < -0.4 is 4.74 Å². The highest BCUT2D eigenvalue weighted by Gasteiger charge is 2.10. The second-order valence-corrected chi connectivity index (χ2v) is 4.81. The van der Waals surface area contributed by atoms with E-state index in [2.05, 4.69) is 4.90 Å². The van der Waals surface area contributed by atoms with E-state index in [4.69, 9.17) is 4.74 Å². The SMILES string of the molecule is O=C/C=C/c1ccc(OCCCN2CCCC2)cc1. The lowest BCUT2D eigenvalue weighted by Gasteiger charge is -2.14. The van der Waals surface area contributed by atoms with Crippen molar-refractivity contribution in [2.24, 2.45) is 0 Å². The van der Waals surface area contributed by atoms with Gasteiger partial charge in [-0.15, -0.1) is 0 Å². The molecular weight excluding hydrogens is 238 g/mol. The Hall–Kier alpha value is -1.61. The molecule has 1 fully saturated rings. The highest BCUT2D eigenvalue weighted by Crippen LogP contribution is 2.14. The Morgan fingerprint density at radius 2 is 1.89 bits per heavy atom. The van der Waals surface area contributed by atoms with Crippen LogP contribution in [0.3, 0.4) is 0 Å². The van der Waals surface area contributed by atoms with Crippen LogP contribution in [-0.2, 0) is 4.79 Å². The van der Waals surface area contributed by atoms with Crippen LogP contribution in [0.25, 0.3) is 6.08 Å². The van der Waals surface area contributed by atoms with Gasteiger partial charge < -0.3 is 9.64 Å². The zero-order valence-corrected chi connectivity index (χ0v) is 11.3. The van der Waals surface area contributed by atoms with Gasteiger partial charge in [0.15, 0.2) is 0 Å². The van der Waals surface area contributed by atoms with Crippen molar-refractivity contribution in [1.82, 2.24) is 4.90 Å². The fourth-order valence-electron chi connectivity index (χ4n) is 2.31. The quantitative estimate of drug-likeness (QED) is 0.428. The topological polar surface area (TPSA) is 29.5 Å². The molecule has 19 heavy (non-hydrogen) atoms. The van der Waals surface area contributed by atoms with Crippen molar-refractivity contribution >= 4 is 12.4 Å². The average Bonchev–Trinajstić information content (AvgIpc) is 2.96. The van der Waals surface area contributed by atoms with Gasteiger partial charge in [-0.3, -0.25) is 4.79 Å². The molecule has 0 spiro atoms. The molecule has 1 aliphatic rings. The molecule has 3 heteroatoms. The summed E-state index contributed by atoms with van der Waals surface area (Å²) in [5, 5.41) is 0. The zero-order chi connectivity index (χ0) is 13.3. The predicted octanol–water partition coefficient (Wildman–Crippen LogP) is 2.76. The Kier molecular flexibility index (Phi) is 5.63. The molecule has 0 amide bonds. The van der Waals surface area contributed by atoms with E-state index in [-0.39, 0.29) is 0 Å². The van der Waals surface area contributed by atoms with Crippen molar-refractivity contribution in [3.8, 4) is 5.75 Å². The number of likely N-dealkylation sites (tertiary alicyclic amines) is 1. The molecular formula is C16H21NO2. The Bertz CT molecular complexity index is 405. The highest BCUT2D eigenvalue weighted by molar-refractivity contribution is 5.73. The summed E-state index contributed by atoms with van der Waals surface area (Å²) in [7, 11) is 0. The van der Waals surface area contributed by atoms with Crippen molar-refractivity contribution in [3.63, 3.8) is 0 Å². The van der Waals surface area contributed by atoms with Crippen molar-refractivity contribution in [2.45, 2.75) is 19.3 Å². The van der Waals surface area contributed by atoms with E-state index in [9.17, 15) is 4.79 Å². The molecule has 1 heterocycles. The summed E-state index contributed by atoms with van der Waals surface area (Å²) in [4.78, 5) is 12.7. The lowest BCUT2D eigenvalue weighted by molar-refractivity contribution is -0.104. The van der Waals surface area contributed by atoms with Crippen LogP contribution in [0.2, 0.25) is 0 Å². The second kappa shape index (κ2) is 7.74. The minimum atomic E-state index is 0.764. The number of carbonyl (C=O) groups excluding carboxylic acids is 1. The van der Waals surface area contributed by atoms with Crippen LogP contribution >= 0.6 is 0 Å². The number of aldehydes is 1. The van der Waals surface area contributed by atoms with Crippen LogP contribution in [0.5, 0.6) is 5.75 Å². The fraction of sp³-hybridized carbons (Fsp3) is 0.438. The van der Waals surface area contributed by atoms with Crippen molar-refractivity contribution in [3.05, 3.63) is 35.9 Å². The van der Waals surface area contributed by atoms with Gasteiger partial charge in [0.1, 0.15) is 12.0 Å². The van der Waals surface area contributed by atoms with Gasteiger partial charge in [0.05, 0.1) is 6.61 Å². The number of rotatable bonds is 7. The number of nitrogens with zero attached hydrogens (tertiary/aromatic N) is 1. The minimum absolute atomic E-state index is 0.764. The van der Waals surface area contributed by atoms with Gasteiger partial charge in [-0.2, -0.15) is 0 Å². The van der Waals surface area contributed by atoms with Gasteiger partial charge in [0.2, 0.25) is 0 Å². The van der Waals surface area contributed by atoms with Gasteiger partial charge in [-0.25, -0.2) is 0 Å². The minimum Gasteiger partial charge on any atom is -0.494 e. The lowest BCUT2D eigenvalue weighted by Crippen LogP contribution is -2.21. The first-order valence-corrected chi connectivity index (χ1v) is 6.95. The Labute approximate surface area is 114 Å². The summed E-state index contributed by atoms with van der Waals surface area (Å²) in [6.07, 6.45) is 7.82. The maximum absolute atomic E-state index is 10.2. The van der Waals surface area contributed by atoms with E-state index in [0.29, 0.717) is 0 Å². The molecule has 0 atom stereocenters. The van der Waals surface area contributed by atoms with Gasteiger partial charge >= 0.3 is 0 Å². The number of carbonyl (C=O) groups is 1. The van der Waals surface area contributed by atoms with E-state index in [1.54, 1.807) is 6.08 Å². The molecule has 0 saturated carbocycles. The standard InChI is InChI=1S/C16H21NO2/c18-13-3-5-15-6-8-16(9-7-15)19-14-4-12-17-10-1-2-11-17/h3,5-9,13H,1-2,4,10-12,14H2/b5-3+. The maximum atomic E-state index is 10.2. The normalized spacial score (nSPS) is 16.0. The smallest absolute Gasteiger partial charge is 0.142 e.